The van der Waals surface area contributed by atoms with Crippen LogP contribution in [0.2, 0.25) is 5.02 Å². The molecule has 38 heavy (non-hydrogen) atoms. The number of hydrogen-bond donors (Lipinski definition) is 0. The lowest BCUT2D eigenvalue weighted by Crippen LogP contribution is -2.26. The summed E-state index contributed by atoms with van der Waals surface area (Å²) in [6.45, 7) is 0.222. The van der Waals surface area contributed by atoms with Crippen LogP contribution in [0.1, 0.15) is 59.5 Å². The van der Waals surface area contributed by atoms with E-state index in [4.69, 9.17) is 16.3 Å². The van der Waals surface area contributed by atoms with Gasteiger partial charge in [-0.05, 0) is 77.9 Å². The molecule has 194 valence electrons. The molecule has 1 amide bonds. The molecule has 5 rings (SSSR count). The molecule has 4 aromatic carbocycles. The Morgan fingerprint density at radius 1 is 0.895 bits per heavy atom. The summed E-state index contributed by atoms with van der Waals surface area (Å²) in [5.41, 5.74) is 4.89. The first-order valence-electron chi connectivity index (χ1n) is 13.1. The Morgan fingerprint density at radius 3 is 2.47 bits per heavy atom. The van der Waals surface area contributed by atoms with Crippen molar-refractivity contribution in [1.29, 1.82) is 0 Å². The van der Waals surface area contributed by atoms with Crippen LogP contribution in [0.25, 0.3) is 11.1 Å². The van der Waals surface area contributed by atoms with Crippen LogP contribution in [-0.4, -0.2) is 13.0 Å². The van der Waals surface area contributed by atoms with Crippen molar-refractivity contribution < 1.29 is 13.9 Å². The van der Waals surface area contributed by atoms with Crippen molar-refractivity contribution in [1.82, 2.24) is 0 Å². The number of benzene rings is 4. The van der Waals surface area contributed by atoms with Crippen LogP contribution in [0.15, 0.2) is 91.0 Å². The maximum absolute atomic E-state index is 15.3. The predicted octanol–water partition coefficient (Wildman–Crippen LogP) is 9.05. The monoisotopic (exact) mass is 527 g/mol. The van der Waals surface area contributed by atoms with Crippen molar-refractivity contribution in [2.75, 3.05) is 11.9 Å². The van der Waals surface area contributed by atoms with Crippen LogP contribution >= 0.6 is 11.6 Å². The summed E-state index contributed by atoms with van der Waals surface area (Å²) in [5.74, 6) is 0.497. The lowest BCUT2D eigenvalue weighted by atomic mass is 9.81. The second kappa shape index (κ2) is 11.8. The second-order valence-corrected chi connectivity index (χ2v) is 10.3. The topological polar surface area (TPSA) is 29.5 Å². The summed E-state index contributed by atoms with van der Waals surface area (Å²) in [4.78, 5) is 14.6. The average Bonchev–Trinajstić information content (AvgIpc) is 2.96. The fourth-order valence-corrected chi connectivity index (χ4v) is 5.46. The molecule has 0 radical (unpaired) electrons. The van der Waals surface area contributed by atoms with E-state index in [0.717, 1.165) is 24.0 Å². The van der Waals surface area contributed by atoms with Gasteiger partial charge in [0.2, 0.25) is 0 Å². The molecule has 4 aromatic rings. The third kappa shape index (κ3) is 5.92. The molecule has 1 aliphatic rings. The van der Waals surface area contributed by atoms with Gasteiger partial charge in [-0.15, -0.1) is 0 Å². The lowest BCUT2D eigenvalue weighted by Gasteiger charge is -2.24. The largest absolute Gasteiger partial charge is 0.489 e. The van der Waals surface area contributed by atoms with Crippen molar-refractivity contribution >= 4 is 23.2 Å². The number of halogens is 2. The quantitative estimate of drug-likeness (QED) is 0.240. The van der Waals surface area contributed by atoms with Gasteiger partial charge >= 0.3 is 0 Å². The van der Waals surface area contributed by atoms with Crippen LogP contribution < -0.4 is 9.64 Å². The molecule has 0 saturated heterocycles. The van der Waals surface area contributed by atoms with E-state index >= 15 is 4.39 Å². The lowest BCUT2D eigenvalue weighted by molar-refractivity contribution is 0.0993. The van der Waals surface area contributed by atoms with Crippen molar-refractivity contribution in [3.63, 3.8) is 0 Å². The summed E-state index contributed by atoms with van der Waals surface area (Å²) in [6.07, 6.45) is 6.08. The van der Waals surface area contributed by atoms with Crippen LogP contribution in [0, 0.1) is 5.82 Å². The van der Waals surface area contributed by atoms with Gasteiger partial charge in [0.1, 0.15) is 18.2 Å². The van der Waals surface area contributed by atoms with E-state index in [1.54, 1.807) is 36.2 Å². The van der Waals surface area contributed by atoms with Gasteiger partial charge < -0.3 is 9.64 Å². The number of amides is 1. The highest BCUT2D eigenvalue weighted by molar-refractivity contribution is 6.31. The minimum atomic E-state index is -0.294. The van der Waals surface area contributed by atoms with Gasteiger partial charge in [-0.1, -0.05) is 73.3 Å². The summed E-state index contributed by atoms with van der Waals surface area (Å²) in [5, 5.41) is 0.569. The number of hydrogen-bond acceptors (Lipinski definition) is 2. The molecular formula is C33H31ClFNO2. The average molecular weight is 528 g/mol. The highest BCUT2D eigenvalue weighted by Crippen LogP contribution is 2.39. The Kier molecular flexibility index (Phi) is 8.09. The summed E-state index contributed by atoms with van der Waals surface area (Å²) in [6, 6.07) is 27.7. The summed E-state index contributed by atoms with van der Waals surface area (Å²) < 4.78 is 21.2. The fraction of sp³-hybridized carbons (Fsp3) is 0.242. The second-order valence-electron chi connectivity index (χ2n) is 9.90. The Morgan fingerprint density at radius 2 is 1.68 bits per heavy atom. The fourth-order valence-electron chi connectivity index (χ4n) is 5.27. The molecule has 1 fully saturated rings. The molecule has 0 aromatic heterocycles. The Balaban J connectivity index is 1.29. The third-order valence-electron chi connectivity index (χ3n) is 7.32. The van der Waals surface area contributed by atoms with Gasteiger partial charge in [0.05, 0.1) is 0 Å². The highest BCUT2D eigenvalue weighted by Gasteiger charge is 2.20. The van der Waals surface area contributed by atoms with Gasteiger partial charge in [0.15, 0.2) is 0 Å². The Labute approximate surface area is 228 Å². The molecule has 0 atom stereocenters. The third-order valence-corrected chi connectivity index (χ3v) is 7.55. The first-order valence-corrected chi connectivity index (χ1v) is 13.5. The molecule has 1 saturated carbocycles. The summed E-state index contributed by atoms with van der Waals surface area (Å²) >= 11 is 6.08. The highest BCUT2D eigenvalue weighted by atomic mass is 35.5. The van der Waals surface area contributed by atoms with E-state index in [0.29, 0.717) is 33.5 Å². The maximum Gasteiger partial charge on any atom is 0.258 e. The van der Waals surface area contributed by atoms with Crippen molar-refractivity contribution in [2.24, 2.45) is 0 Å². The molecule has 0 heterocycles. The minimum Gasteiger partial charge on any atom is -0.489 e. The number of ether oxygens (including phenoxy) is 1. The molecule has 0 unspecified atom stereocenters. The SMILES string of the molecule is CN(C(=O)c1cccc(COc2ccc(-c3ccccc3C3CCCCC3)c(F)c2)c1)c1cccc(Cl)c1. The van der Waals surface area contributed by atoms with Crippen molar-refractivity contribution in [3.8, 4) is 16.9 Å². The zero-order valence-corrected chi connectivity index (χ0v) is 22.3. The van der Waals surface area contributed by atoms with E-state index in [1.807, 2.05) is 48.5 Å². The standard InChI is InChI=1S/C33H31ClFNO2/c1-36(27-14-8-13-26(34)20-27)33(37)25-12-7-9-23(19-25)22-38-28-17-18-31(32(35)21-28)30-16-6-5-15-29(30)24-10-3-2-4-11-24/h5-9,12-21,24H,2-4,10-11,22H2,1H3. The molecule has 3 nitrogen and oxygen atoms in total. The van der Waals surface area contributed by atoms with Gasteiger partial charge in [0, 0.05) is 35.0 Å². The van der Waals surface area contributed by atoms with E-state index < -0.39 is 0 Å². The van der Waals surface area contributed by atoms with E-state index in [2.05, 4.69) is 12.1 Å². The van der Waals surface area contributed by atoms with E-state index in [-0.39, 0.29) is 18.3 Å². The first kappa shape index (κ1) is 26.0. The van der Waals surface area contributed by atoms with Crippen molar-refractivity contribution in [2.45, 2.75) is 44.6 Å². The number of carbonyl (C=O) groups is 1. The molecule has 1 aliphatic carbocycles. The zero-order chi connectivity index (χ0) is 26.5. The number of carbonyl (C=O) groups excluding carboxylic acids is 1. The number of nitrogens with zero attached hydrogens (tertiary/aromatic N) is 1. The van der Waals surface area contributed by atoms with Gasteiger partial charge in [-0.25, -0.2) is 4.39 Å². The Bertz CT molecular complexity index is 1430. The molecule has 0 bridgehead atoms. The van der Waals surface area contributed by atoms with E-state index in [9.17, 15) is 4.79 Å². The van der Waals surface area contributed by atoms with Crippen molar-refractivity contribution in [3.05, 3.63) is 119 Å². The molecule has 0 spiro atoms. The van der Waals surface area contributed by atoms with E-state index in [1.165, 1.54) is 30.9 Å². The van der Waals surface area contributed by atoms with Crippen LogP contribution in [-0.2, 0) is 6.61 Å². The molecule has 0 N–H and O–H groups in total. The van der Waals surface area contributed by atoms with Crippen LogP contribution in [0.4, 0.5) is 10.1 Å². The van der Waals surface area contributed by atoms with Gasteiger partial charge in [0.25, 0.3) is 5.91 Å². The maximum atomic E-state index is 15.3. The molecule has 5 heteroatoms. The normalized spacial score (nSPS) is 13.8. The summed E-state index contributed by atoms with van der Waals surface area (Å²) in [7, 11) is 1.72. The van der Waals surface area contributed by atoms with Crippen LogP contribution in [0.3, 0.4) is 0 Å². The first-order chi connectivity index (χ1) is 18.5. The number of rotatable bonds is 7. The zero-order valence-electron chi connectivity index (χ0n) is 21.5. The van der Waals surface area contributed by atoms with Crippen LogP contribution in [0.5, 0.6) is 5.75 Å². The van der Waals surface area contributed by atoms with Gasteiger partial charge in [-0.2, -0.15) is 0 Å². The smallest absolute Gasteiger partial charge is 0.258 e. The predicted molar refractivity (Wildman–Crippen MR) is 153 cm³/mol. The van der Waals surface area contributed by atoms with Gasteiger partial charge in [-0.3, -0.25) is 4.79 Å². The Hall–Kier alpha value is -3.63. The minimum absolute atomic E-state index is 0.152. The number of anilines is 1. The molecule has 0 aliphatic heterocycles. The molecular weight excluding hydrogens is 497 g/mol.